The molecule has 0 aliphatic rings. The summed E-state index contributed by atoms with van der Waals surface area (Å²) in [6.45, 7) is 3.33. The number of hydrogen-bond acceptors (Lipinski definition) is 9. The molecule has 0 aliphatic heterocycles. The first-order chi connectivity index (χ1) is 24.1. The van der Waals surface area contributed by atoms with Crippen molar-refractivity contribution in [2.45, 2.75) is 24.0 Å². The third kappa shape index (κ3) is 9.14. The van der Waals surface area contributed by atoms with Crippen LogP contribution in [0.15, 0.2) is 113 Å². The minimum absolute atomic E-state index is 0.0663. The van der Waals surface area contributed by atoms with Gasteiger partial charge in [-0.05, 0) is 79.4 Å². The van der Waals surface area contributed by atoms with Gasteiger partial charge in [-0.15, -0.1) is 34.4 Å². The van der Waals surface area contributed by atoms with Crippen LogP contribution in [0.2, 0.25) is 0 Å². The van der Waals surface area contributed by atoms with Gasteiger partial charge in [0, 0.05) is 26.7 Å². The number of thiophene rings is 2. The Kier molecular flexibility index (Phi) is 12.0. The van der Waals surface area contributed by atoms with E-state index < -0.39 is 34.8 Å². The van der Waals surface area contributed by atoms with Crippen molar-refractivity contribution in [3.8, 4) is 0 Å². The largest absolute Gasteiger partial charge is 0.465 e. The topological polar surface area (TPSA) is 143 Å². The second kappa shape index (κ2) is 16.7. The Bertz CT molecular complexity index is 2040. The molecular weight excluding hydrogens is 693 g/mol. The van der Waals surface area contributed by atoms with Gasteiger partial charge in [0.05, 0.1) is 22.8 Å². The minimum Gasteiger partial charge on any atom is -0.465 e. The van der Waals surface area contributed by atoms with Crippen LogP contribution in [-0.2, 0) is 14.3 Å². The Morgan fingerprint density at radius 3 is 2.18 bits per heavy atom. The molecule has 0 saturated heterocycles. The molecule has 0 spiro atoms. The first kappa shape index (κ1) is 35.8. The molecule has 5 rings (SSSR count). The molecule has 13 heteroatoms. The molecule has 0 fully saturated rings. The van der Waals surface area contributed by atoms with Crippen LogP contribution >= 0.6 is 34.4 Å². The number of para-hydroxylation sites is 1. The van der Waals surface area contributed by atoms with Crippen molar-refractivity contribution in [2.75, 3.05) is 23.1 Å². The highest BCUT2D eigenvalue weighted by molar-refractivity contribution is 8.00. The normalized spacial score (nSPS) is 11.6. The van der Waals surface area contributed by atoms with E-state index in [4.69, 9.17) is 4.74 Å². The van der Waals surface area contributed by atoms with Gasteiger partial charge >= 0.3 is 5.97 Å². The van der Waals surface area contributed by atoms with Crippen molar-refractivity contribution >= 4 is 86.5 Å². The molecule has 0 aliphatic carbocycles. The highest BCUT2D eigenvalue weighted by Gasteiger charge is 2.28. The van der Waals surface area contributed by atoms with Crippen molar-refractivity contribution in [3.05, 3.63) is 135 Å². The third-order valence-corrected chi connectivity index (χ3v) is 10.3. The van der Waals surface area contributed by atoms with E-state index in [0.29, 0.717) is 27.4 Å². The van der Waals surface area contributed by atoms with Gasteiger partial charge in [0.25, 0.3) is 17.7 Å². The SMILES string of the molecule is COC(=O)c1c(NC(=O)C(C)Sc2cccc(NC(=O)/C(=C/c3cccs3)NC(=O)c3ccccc3)c2)sc(C(=O)Nc2ccccc2)c1C. The number of carbonyl (C=O) groups is 5. The lowest BCUT2D eigenvalue weighted by molar-refractivity contribution is -0.115. The van der Waals surface area contributed by atoms with Gasteiger partial charge < -0.3 is 26.0 Å². The Balaban J connectivity index is 1.28. The summed E-state index contributed by atoms with van der Waals surface area (Å²) >= 11 is 3.65. The lowest BCUT2D eigenvalue weighted by atomic mass is 10.1. The first-order valence-electron chi connectivity index (χ1n) is 15.2. The number of amides is 4. The van der Waals surface area contributed by atoms with Crippen molar-refractivity contribution in [3.63, 3.8) is 0 Å². The summed E-state index contributed by atoms with van der Waals surface area (Å²) in [5.41, 5.74) is 2.02. The third-order valence-electron chi connectivity index (χ3n) is 7.14. The highest BCUT2D eigenvalue weighted by Crippen LogP contribution is 2.35. The lowest BCUT2D eigenvalue weighted by Gasteiger charge is -2.14. The second-order valence-corrected chi connectivity index (χ2v) is 14.1. The average Bonchev–Trinajstić information content (AvgIpc) is 3.75. The molecule has 5 aromatic rings. The van der Waals surface area contributed by atoms with E-state index in [2.05, 4.69) is 21.3 Å². The Hall–Kier alpha value is -5.50. The van der Waals surface area contributed by atoms with Crippen LogP contribution in [0.3, 0.4) is 0 Å². The zero-order valence-electron chi connectivity index (χ0n) is 27.1. The van der Waals surface area contributed by atoms with Crippen molar-refractivity contribution in [2.24, 2.45) is 0 Å². The van der Waals surface area contributed by atoms with Gasteiger partial charge in [0.2, 0.25) is 5.91 Å². The molecule has 2 aromatic heterocycles. The van der Waals surface area contributed by atoms with E-state index in [1.54, 1.807) is 98.8 Å². The molecule has 0 bridgehead atoms. The average molecular weight is 725 g/mol. The Morgan fingerprint density at radius 1 is 0.800 bits per heavy atom. The fraction of sp³-hybridized carbons (Fsp3) is 0.108. The number of ether oxygens (including phenoxy) is 1. The standard InChI is InChI=1S/C37H32N4O6S3/c1-22-30(37(46)47-3)36(50-31(22)35(45)38-25-14-8-5-9-15-25)41-32(42)23(2)49-28-17-10-16-26(20-28)39-34(44)29(21-27-18-11-19-48-27)40-33(43)24-12-6-4-7-13-24/h4-21,23H,1-3H3,(H,38,45)(H,39,44)(H,40,43)(H,41,42)/b29-21-. The van der Waals surface area contributed by atoms with E-state index in [-0.39, 0.29) is 21.1 Å². The molecule has 1 unspecified atom stereocenters. The van der Waals surface area contributed by atoms with E-state index in [0.717, 1.165) is 16.2 Å². The zero-order valence-corrected chi connectivity index (χ0v) is 29.6. The van der Waals surface area contributed by atoms with Crippen molar-refractivity contribution in [1.82, 2.24) is 5.32 Å². The minimum atomic E-state index is -0.677. The van der Waals surface area contributed by atoms with Gasteiger partial charge in [-0.2, -0.15) is 0 Å². The van der Waals surface area contributed by atoms with Crippen LogP contribution in [0.1, 0.15) is 47.8 Å². The van der Waals surface area contributed by atoms with Crippen LogP contribution in [0.4, 0.5) is 16.4 Å². The summed E-state index contributed by atoms with van der Waals surface area (Å²) < 4.78 is 4.96. The number of thioether (sulfide) groups is 1. The molecule has 4 N–H and O–H groups in total. The second-order valence-electron chi connectivity index (χ2n) is 10.7. The van der Waals surface area contributed by atoms with Crippen molar-refractivity contribution in [1.29, 1.82) is 0 Å². The monoisotopic (exact) mass is 724 g/mol. The maximum atomic E-state index is 13.4. The van der Waals surface area contributed by atoms with Crippen LogP contribution in [0.25, 0.3) is 6.08 Å². The van der Waals surface area contributed by atoms with Crippen LogP contribution in [0, 0.1) is 6.92 Å². The van der Waals surface area contributed by atoms with Gasteiger partial charge in [0.15, 0.2) is 0 Å². The molecule has 254 valence electrons. The molecule has 2 heterocycles. The molecule has 3 aromatic carbocycles. The number of carbonyl (C=O) groups excluding carboxylic acids is 5. The summed E-state index contributed by atoms with van der Waals surface area (Å²) in [6, 6.07) is 28.1. The van der Waals surface area contributed by atoms with Crippen LogP contribution in [0.5, 0.6) is 0 Å². The predicted octanol–water partition coefficient (Wildman–Crippen LogP) is 7.69. The lowest BCUT2D eigenvalue weighted by Crippen LogP contribution is -2.30. The molecule has 4 amide bonds. The van der Waals surface area contributed by atoms with E-state index in [9.17, 15) is 24.0 Å². The quantitative estimate of drug-likeness (QED) is 0.0587. The number of benzene rings is 3. The molecule has 0 saturated carbocycles. The summed E-state index contributed by atoms with van der Waals surface area (Å²) in [5, 5.41) is 12.6. The van der Waals surface area contributed by atoms with E-state index in [1.807, 2.05) is 23.6 Å². The number of rotatable bonds is 12. The predicted molar refractivity (Wildman–Crippen MR) is 200 cm³/mol. The first-order valence-corrected chi connectivity index (χ1v) is 17.8. The molecule has 50 heavy (non-hydrogen) atoms. The smallest absolute Gasteiger partial charge is 0.341 e. The maximum absolute atomic E-state index is 13.4. The summed E-state index contributed by atoms with van der Waals surface area (Å²) in [4.78, 5) is 67.3. The molecule has 1 atom stereocenters. The summed E-state index contributed by atoms with van der Waals surface area (Å²) in [6.07, 6.45) is 1.61. The van der Waals surface area contributed by atoms with Gasteiger partial charge in [-0.25, -0.2) is 4.79 Å². The Labute approximate surface area is 301 Å². The Morgan fingerprint density at radius 2 is 1.50 bits per heavy atom. The van der Waals surface area contributed by atoms with Crippen LogP contribution < -0.4 is 21.3 Å². The summed E-state index contributed by atoms with van der Waals surface area (Å²) in [5.74, 6) is -2.45. The summed E-state index contributed by atoms with van der Waals surface area (Å²) in [7, 11) is 1.23. The number of methoxy groups -OCH3 is 1. The fourth-order valence-electron chi connectivity index (χ4n) is 4.65. The number of hydrogen-bond donors (Lipinski definition) is 4. The van der Waals surface area contributed by atoms with Gasteiger partial charge in [-0.3, -0.25) is 19.2 Å². The van der Waals surface area contributed by atoms with Crippen molar-refractivity contribution < 1.29 is 28.7 Å². The van der Waals surface area contributed by atoms with E-state index >= 15 is 0 Å². The zero-order chi connectivity index (χ0) is 35.6. The molecular formula is C37H32N4O6S3. The maximum Gasteiger partial charge on any atom is 0.341 e. The van der Waals surface area contributed by atoms with Gasteiger partial charge in [-0.1, -0.05) is 48.5 Å². The number of esters is 1. The van der Waals surface area contributed by atoms with E-state index in [1.165, 1.54) is 30.2 Å². The highest BCUT2D eigenvalue weighted by atomic mass is 32.2. The van der Waals surface area contributed by atoms with Gasteiger partial charge in [0.1, 0.15) is 10.7 Å². The fourth-order valence-corrected chi connectivity index (χ4v) is 7.33. The number of nitrogens with one attached hydrogen (secondary N) is 4. The molecule has 0 radical (unpaired) electrons. The van der Waals surface area contributed by atoms with Crippen LogP contribution in [-0.4, -0.2) is 42.0 Å². The molecule has 10 nitrogen and oxygen atoms in total. The number of anilines is 3.